The molecule has 3 aromatic rings. The summed E-state index contributed by atoms with van der Waals surface area (Å²) in [7, 11) is 0. The van der Waals surface area contributed by atoms with E-state index >= 15 is 0 Å². The van der Waals surface area contributed by atoms with Crippen molar-refractivity contribution in [2.75, 3.05) is 75.2 Å². The maximum Gasteiger partial charge on any atom is 0.0446 e. The van der Waals surface area contributed by atoms with Gasteiger partial charge in [-0.05, 0) is 23.6 Å². The molecule has 2 aliphatic heterocycles. The van der Waals surface area contributed by atoms with E-state index < -0.39 is 0 Å². The molecule has 2 saturated heterocycles. The van der Waals surface area contributed by atoms with Crippen LogP contribution in [0.2, 0.25) is 0 Å². The molecule has 0 amide bonds. The Hall–Kier alpha value is -2.56. The first-order chi connectivity index (χ1) is 14.9. The molecule has 0 bridgehead atoms. The number of piperazine rings is 2. The number of anilines is 2. The van der Waals surface area contributed by atoms with Crippen molar-refractivity contribution in [3.8, 4) is 0 Å². The lowest BCUT2D eigenvalue weighted by atomic mass is 10.1. The van der Waals surface area contributed by atoms with E-state index in [1.807, 2.05) is 0 Å². The van der Waals surface area contributed by atoms with Gasteiger partial charge < -0.3 is 9.80 Å². The lowest BCUT2D eigenvalue weighted by Crippen LogP contribution is -2.51. The molecule has 0 spiro atoms. The molecule has 30 heavy (non-hydrogen) atoms. The van der Waals surface area contributed by atoms with Crippen LogP contribution in [-0.4, -0.2) is 75.2 Å². The second-order valence-corrected chi connectivity index (χ2v) is 8.49. The van der Waals surface area contributed by atoms with Gasteiger partial charge in [0, 0.05) is 82.2 Å². The van der Waals surface area contributed by atoms with Crippen LogP contribution in [0.25, 0.3) is 10.8 Å². The van der Waals surface area contributed by atoms with Crippen molar-refractivity contribution in [2.24, 2.45) is 0 Å². The predicted molar refractivity (Wildman–Crippen MR) is 128 cm³/mol. The Bertz CT molecular complexity index is 936. The molecule has 4 heteroatoms. The van der Waals surface area contributed by atoms with Gasteiger partial charge in [0.15, 0.2) is 0 Å². The number of fused-ring (bicyclic) bond motifs is 1. The number of nitrogens with zero attached hydrogens (tertiary/aromatic N) is 4. The topological polar surface area (TPSA) is 13.0 Å². The van der Waals surface area contributed by atoms with E-state index in [1.165, 1.54) is 48.3 Å². The summed E-state index contributed by atoms with van der Waals surface area (Å²) in [5, 5.41) is 2.72. The average molecular weight is 401 g/mol. The van der Waals surface area contributed by atoms with Crippen molar-refractivity contribution in [3.63, 3.8) is 0 Å². The highest BCUT2D eigenvalue weighted by molar-refractivity contribution is 5.94. The molecular formula is C26H32N4. The van der Waals surface area contributed by atoms with Crippen LogP contribution in [0.3, 0.4) is 0 Å². The van der Waals surface area contributed by atoms with Gasteiger partial charge in [0.05, 0.1) is 0 Å². The van der Waals surface area contributed by atoms with Crippen molar-refractivity contribution >= 4 is 22.1 Å². The minimum atomic E-state index is 1.12. The fraction of sp³-hybridized carbons (Fsp3) is 0.385. The van der Waals surface area contributed by atoms with E-state index in [4.69, 9.17) is 0 Å². The maximum atomic E-state index is 2.64. The van der Waals surface area contributed by atoms with Gasteiger partial charge in [-0.3, -0.25) is 9.80 Å². The molecule has 0 aromatic heterocycles. The largest absolute Gasteiger partial charge is 0.369 e. The van der Waals surface area contributed by atoms with Crippen LogP contribution in [0.1, 0.15) is 0 Å². The van der Waals surface area contributed by atoms with Crippen molar-refractivity contribution in [3.05, 3.63) is 72.8 Å². The lowest BCUT2D eigenvalue weighted by molar-refractivity contribution is 0.190. The molecule has 0 unspecified atom stereocenters. The normalized spacial score (nSPS) is 18.8. The zero-order valence-corrected chi connectivity index (χ0v) is 17.8. The molecule has 2 aliphatic rings. The van der Waals surface area contributed by atoms with Crippen LogP contribution < -0.4 is 9.80 Å². The zero-order valence-electron chi connectivity index (χ0n) is 17.8. The second-order valence-electron chi connectivity index (χ2n) is 8.49. The van der Waals surface area contributed by atoms with Crippen LogP contribution in [0.5, 0.6) is 0 Å². The van der Waals surface area contributed by atoms with Crippen LogP contribution >= 0.6 is 0 Å². The Morgan fingerprint density at radius 2 is 1.07 bits per heavy atom. The van der Waals surface area contributed by atoms with Crippen LogP contribution in [0, 0.1) is 0 Å². The molecule has 0 aliphatic carbocycles. The minimum Gasteiger partial charge on any atom is -0.369 e. The third-order valence-corrected chi connectivity index (χ3v) is 6.71. The molecule has 0 N–H and O–H groups in total. The van der Waals surface area contributed by atoms with E-state index in [2.05, 4.69) is 92.4 Å². The van der Waals surface area contributed by atoms with Crippen molar-refractivity contribution in [2.45, 2.75) is 0 Å². The Morgan fingerprint density at radius 1 is 0.500 bits per heavy atom. The molecule has 0 atom stereocenters. The van der Waals surface area contributed by atoms with Crippen LogP contribution in [-0.2, 0) is 0 Å². The van der Waals surface area contributed by atoms with Gasteiger partial charge in [0.2, 0.25) is 0 Å². The maximum absolute atomic E-state index is 2.64. The minimum absolute atomic E-state index is 1.12. The molecule has 2 fully saturated rings. The molecule has 5 rings (SSSR count). The number of hydrogen-bond acceptors (Lipinski definition) is 4. The quantitative estimate of drug-likeness (QED) is 0.646. The van der Waals surface area contributed by atoms with E-state index in [1.54, 1.807) is 0 Å². The second kappa shape index (κ2) is 9.07. The monoisotopic (exact) mass is 400 g/mol. The van der Waals surface area contributed by atoms with Gasteiger partial charge in [-0.1, -0.05) is 54.6 Å². The number of rotatable bonds is 5. The first-order valence-electron chi connectivity index (χ1n) is 11.3. The molecule has 3 aromatic carbocycles. The predicted octanol–water partition coefficient (Wildman–Crippen LogP) is 3.78. The molecule has 0 radical (unpaired) electrons. The van der Waals surface area contributed by atoms with E-state index in [0.29, 0.717) is 0 Å². The molecule has 156 valence electrons. The van der Waals surface area contributed by atoms with Crippen molar-refractivity contribution in [1.29, 1.82) is 0 Å². The molecule has 4 nitrogen and oxygen atoms in total. The highest BCUT2D eigenvalue weighted by Crippen LogP contribution is 2.27. The van der Waals surface area contributed by atoms with E-state index in [-0.39, 0.29) is 0 Å². The molecular weight excluding hydrogens is 368 g/mol. The Morgan fingerprint density at radius 3 is 1.77 bits per heavy atom. The van der Waals surface area contributed by atoms with Crippen LogP contribution in [0.4, 0.5) is 11.4 Å². The standard InChI is InChI=1S/C26H32N4/c1-2-9-24(10-3-1)29-19-15-27(16-20-29)13-14-28-17-21-30(22-18-28)26-12-6-8-23-7-4-5-11-25(23)26/h1-12H,13-22H2. The fourth-order valence-electron chi connectivity index (χ4n) is 4.85. The Balaban J connectivity index is 1.09. The van der Waals surface area contributed by atoms with Crippen LogP contribution in [0.15, 0.2) is 72.8 Å². The Kier molecular flexibility index (Phi) is 5.87. The third kappa shape index (κ3) is 4.30. The van der Waals surface area contributed by atoms with Crippen molar-refractivity contribution in [1.82, 2.24) is 9.80 Å². The van der Waals surface area contributed by atoms with Gasteiger partial charge in [0.25, 0.3) is 0 Å². The summed E-state index contributed by atoms with van der Waals surface area (Å²) < 4.78 is 0. The van der Waals surface area contributed by atoms with E-state index in [0.717, 1.165) is 39.3 Å². The molecule has 2 heterocycles. The number of para-hydroxylation sites is 1. The zero-order chi connectivity index (χ0) is 20.2. The number of benzene rings is 3. The van der Waals surface area contributed by atoms with Gasteiger partial charge in [-0.2, -0.15) is 0 Å². The van der Waals surface area contributed by atoms with Gasteiger partial charge in [0.1, 0.15) is 0 Å². The summed E-state index contributed by atoms with van der Waals surface area (Å²) in [6.45, 7) is 11.6. The summed E-state index contributed by atoms with van der Waals surface area (Å²) in [5.74, 6) is 0. The van der Waals surface area contributed by atoms with Gasteiger partial charge >= 0.3 is 0 Å². The first-order valence-corrected chi connectivity index (χ1v) is 11.3. The van der Waals surface area contributed by atoms with Crippen molar-refractivity contribution < 1.29 is 0 Å². The fourth-order valence-corrected chi connectivity index (χ4v) is 4.85. The lowest BCUT2D eigenvalue weighted by Gasteiger charge is -2.39. The Labute approximate surface area is 180 Å². The average Bonchev–Trinajstić information content (AvgIpc) is 2.84. The SMILES string of the molecule is c1ccc(N2CCN(CCN3CCN(c4cccc5ccccc45)CC3)CC2)cc1. The van der Waals surface area contributed by atoms with E-state index in [9.17, 15) is 0 Å². The summed E-state index contributed by atoms with van der Waals surface area (Å²) in [6, 6.07) is 26.3. The summed E-state index contributed by atoms with van der Waals surface area (Å²) >= 11 is 0. The smallest absolute Gasteiger partial charge is 0.0446 e. The first kappa shape index (κ1) is 19.4. The van der Waals surface area contributed by atoms with Gasteiger partial charge in [-0.25, -0.2) is 0 Å². The summed E-state index contributed by atoms with van der Waals surface area (Å²) in [4.78, 5) is 10.4. The highest BCUT2D eigenvalue weighted by atomic mass is 15.3. The third-order valence-electron chi connectivity index (χ3n) is 6.71. The van der Waals surface area contributed by atoms with Gasteiger partial charge in [-0.15, -0.1) is 0 Å². The summed E-state index contributed by atoms with van der Waals surface area (Å²) in [5.41, 5.74) is 2.76. The highest BCUT2D eigenvalue weighted by Gasteiger charge is 2.21. The number of hydrogen-bond donors (Lipinski definition) is 0. The molecule has 0 saturated carbocycles. The summed E-state index contributed by atoms with van der Waals surface area (Å²) in [6.07, 6.45) is 0.